The molecule has 4 nitrogen and oxygen atoms in total. The fraction of sp³-hybridized carbons (Fsp3) is 0. The summed E-state index contributed by atoms with van der Waals surface area (Å²) in [6.07, 6.45) is 10.4. The van der Waals surface area contributed by atoms with Gasteiger partial charge in [-0.05, 0) is 24.3 Å². The summed E-state index contributed by atoms with van der Waals surface area (Å²) < 4.78 is 0. The predicted molar refractivity (Wildman–Crippen MR) is 82.2 cm³/mol. The van der Waals surface area contributed by atoms with Crippen molar-refractivity contribution < 1.29 is 0 Å². The van der Waals surface area contributed by atoms with E-state index >= 15 is 0 Å². The third-order valence-electron chi connectivity index (χ3n) is 2.73. The fourth-order valence-electron chi connectivity index (χ4n) is 1.82. The van der Waals surface area contributed by atoms with E-state index in [0.29, 0.717) is 5.82 Å². The molecule has 0 spiro atoms. The molecule has 5 heteroatoms. The van der Waals surface area contributed by atoms with Crippen LogP contribution in [0.15, 0.2) is 49.1 Å². The first-order valence-corrected chi connectivity index (χ1v) is 5.75. The van der Waals surface area contributed by atoms with Gasteiger partial charge in [0.2, 0.25) is 0 Å². The van der Waals surface area contributed by atoms with Crippen LogP contribution >= 0.6 is 12.4 Å². The number of fused-ring (bicyclic) bond motifs is 1. The van der Waals surface area contributed by atoms with E-state index in [1.165, 1.54) is 6.33 Å². The van der Waals surface area contributed by atoms with Crippen LogP contribution in [0.1, 0.15) is 5.56 Å². The summed E-state index contributed by atoms with van der Waals surface area (Å²) in [5, 5.41) is 4.11. The van der Waals surface area contributed by atoms with Gasteiger partial charge in [-0.3, -0.25) is 4.98 Å². The highest BCUT2D eigenvalue weighted by atomic mass is 35.5. The van der Waals surface area contributed by atoms with Crippen LogP contribution < -0.4 is 5.32 Å². The van der Waals surface area contributed by atoms with Crippen LogP contribution in [0.3, 0.4) is 0 Å². The number of nitrogens with one attached hydrogen (secondary N) is 1. The molecule has 1 N–H and O–H groups in total. The Bertz CT molecular complexity index is 775. The second kappa shape index (κ2) is 6.00. The molecule has 0 unspecified atom stereocenters. The normalized spacial score (nSPS) is 9.55. The molecule has 0 bridgehead atoms. The van der Waals surface area contributed by atoms with Gasteiger partial charge in [-0.15, -0.1) is 18.8 Å². The second-order valence-electron chi connectivity index (χ2n) is 3.97. The van der Waals surface area contributed by atoms with Crippen molar-refractivity contribution in [1.82, 2.24) is 15.0 Å². The highest BCUT2D eigenvalue weighted by Crippen LogP contribution is 2.22. The first-order chi connectivity index (χ1) is 9.36. The van der Waals surface area contributed by atoms with E-state index in [4.69, 9.17) is 6.42 Å². The minimum Gasteiger partial charge on any atom is -0.340 e. The lowest BCUT2D eigenvalue weighted by atomic mass is 10.2. The Morgan fingerprint density at radius 2 is 2.05 bits per heavy atom. The van der Waals surface area contributed by atoms with Gasteiger partial charge in [-0.1, -0.05) is 12.0 Å². The molecule has 0 aliphatic heterocycles. The zero-order chi connectivity index (χ0) is 13.1. The fourth-order valence-corrected chi connectivity index (χ4v) is 1.82. The number of pyridine rings is 1. The van der Waals surface area contributed by atoms with Crippen molar-refractivity contribution in [1.29, 1.82) is 0 Å². The molecule has 2 aromatic heterocycles. The largest absolute Gasteiger partial charge is 0.340 e. The average molecular weight is 283 g/mol. The number of hydrogen-bond donors (Lipinski definition) is 1. The monoisotopic (exact) mass is 282 g/mol. The molecular formula is C15H11ClN4. The number of aromatic nitrogens is 3. The predicted octanol–water partition coefficient (Wildman–Crippen LogP) is 3.17. The summed E-state index contributed by atoms with van der Waals surface area (Å²) >= 11 is 0. The van der Waals surface area contributed by atoms with E-state index in [0.717, 1.165) is 22.2 Å². The van der Waals surface area contributed by atoms with Gasteiger partial charge in [-0.25, -0.2) is 9.97 Å². The first-order valence-electron chi connectivity index (χ1n) is 5.75. The molecule has 2 heterocycles. The standard InChI is InChI=1S/C15H10N4.ClH/c1-2-11-4-3-5-12(8-11)19-15-13-9-16-7-6-14(13)17-10-18-15;/h1,3-10H,(H,17,18,19);1H. The van der Waals surface area contributed by atoms with Crippen LogP contribution in [0.2, 0.25) is 0 Å². The van der Waals surface area contributed by atoms with Crippen molar-refractivity contribution >= 4 is 34.8 Å². The minimum atomic E-state index is 0. The lowest BCUT2D eigenvalue weighted by Crippen LogP contribution is -1.96. The van der Waals surface area contributed by atoms with Crippen LogP contribution in [0.25, 0.3) is 10.9 Å². The molecule has 0 atom stereocenters. The summed E-state index contributed by atoms with van der Waals surface area (Å²) in [5.74, 6) is 3.32. The lowest BCUT2D eigenvalue weighted by molar-refractivity contribution is 1.20. The molecule has 0 aliphatic rings. The minimum absolute atomic E-state index is 0. The van der Waals surface area contributed by atoms with Gasteiger partial charge in [-0.2, -0.15) is 0 Å². The smallest absolute Gasteiger partial charge is 0.143 e. The molecule has 0 fully saturated rings. The van der Waals surface area contributed by atoms with Gasteiger partial charge in [0.05, 0.1) is 10.9 Å². The SMILES string of the molecule is C#Cc1cccc(Nc2ncnc3ccncc23)c1.Cl. The van der Waals surface area contributed by atoms with Crippen molar-refractivity contribution in [3.05, 3.63) is 54.6 Å². The Hall–Kier alpha value is -2.64. The second-order valence-corrected chi connectivity index (χ2v) is 3.97. The van der Waals surface area contributed by atoms with Gasteiger partial charge >= 0.3 is 0 Å². The van der Waals surface area contributed by atoms with E-state index in [1.54, 1.807) is 12.4 Å². The summed E-state index contributed by atoms with van der Waals surface area (Å²) in [7, 11) is 0. The van der Waals surface area contributed by atoms with Crippen molar-refractivity contribution in [2.45, 2.75) is 0 Å². The molecule has 3 rings (SSSR count). The molecule has 0 saturated heterocycles. The maximum atomic E-state index is 5.39. The molecule has 3 aromatic rings. The zero-order valence-corrected chi connectivity index (χ0v) is 11.3. The van der Waals surface area contributed by atoms with Crippen molar-refractivity contribution in [3.63, 3.8) is 0 Å². The number of nitrogens with zero attached hydrogens (tertiary/aromatic N) is 3. The quantitative estimate of drug-likeness (QED) is 0.734. The maximum Gasteiger partial charge on any atom is 0.143 e. The van der Waals surface area contributed by atoms with E-state index < -0.39 is 0 Å². The number of hydrogen-bond acceptors (Lipinski definition) is 4. The maximum absolute atomic E-state index is 5.39. The Kier molecular flexibility index (Phi) is 4.14. The highest BCUT2D eigenvalue weighted by molar-refractivity contribution is 5.89. The average Bonchev–Trinajstić information content (AvgIpc) is 2.48. The molecule has 0 radical (unpaired) electrons. The van der Waals surface area contributed by atoms with Crippen LogP contribution in [0.5, 0.6) is 0 Å². The molecular weight excluding hydrogens is 272 g/mol. The van der Waals surface area contributed by atoms with Crippen LogP contribution in [-0.2, 0) is 0 Å². The Labute approximate surface area is 122 Å². The molecule has 0 aliphatic carbocycles. The Morgan fingerprint density at radius 3 is 2.90 bits per heavy atom. The molecule has 1 aromatic carbocycles. The topological polar surface area (TPSA) is 50.7 Å². The Balaban J connectivity index is 0.00000147. The van der Waals surface area contributed by atoms with E-state index in [9.17, 15) is 0 Å². The van der Waals surface area contributed by atoms with Gasteiger partial charge in [0.15, 0.2) is 0 Å². The van der Waals surface area contributed by atoms with Gasteiger partial charge < -0.3 is 5.32 Å². The number of terminal acetylenes is 1. The van der Waals surface area contributed by atoms with Crippen molar-refractivity contribution in [2.24, 2.45) is 0 Å². The van der Waals surface area contributed by atoms with Gasteiger partial charge in [0.1, 0.15) is 12.1 Å². The molecule has 98 valence electrons. The van der Waals surface area contributed by atoms with Crippen LogP contribution in [-0.4, -0.2) is 15.0 Å². The first kappa shape index (κ1) is 13.8. The third-order valence-corrected chi connectivity index (χ3v) is 2.73. The Morgan fingerprint density at radius 1 is 1.15 bits per heavy atom. The molecule has 0 amide bonds. The number of anilines is 2. The van der Waals surface area contributed by atoms with E-state index in [2.05, 4.69) is 26.2 Å². The van der Waals surface area contributed by atoms with Crippen LogP contribution in [0, 0.1) is 12.3 Å². The number of rotatable bonds is 2. The summed E-state index contributed by atoms with van der Waals surface area (Å²) in [4.78, 5) is 12.5. The van der Waals surface area contributed by atoms with Crippen molar-refractivity contribution in [3.8, 4) is 12.3 Å². The third kappa shape index (κ3) is 2.68. The zero-order valence-electron chi connectivity index (χ0n) is 10.4. The van der Waals surface area contributed by atoms with E-state index in [-0.39, 0.29) is 12.4 Å². The van der Waals surface area contributed by atoms with Crippen molar-refractivity contribution in [2.75, 3.05) is 5.32 Å². The van der Waals surface area contributed by atoms with E-state index in [1.807, 2.05) is 30.3 Å². The highest BCUT2D eigenvalue weighted by Gasteiger charge is 2.03. The van der Waals surface area contributed by atoms with Gasteiger partial charge in [0.25, 0.3) is 0 Å². The summed E-state index contributed by atoms with van der Waals surface area (Å²) in [6.45, 7) is 0. The molecule has 0 saturated carbocycles. The van der Waals surface area contributed by atoms with Crippen LogP contribution in [0.4, 0.5) is 11.5 Å². The summed E-state index contributed by atoms with van der Waals surface area (Å²) in [5.41, 5.74) is 2.56. The van der Waals surface area contributed by atoms with Gasteiger partial charge in [0, 0.05) is 23.6 Å². The summed E-state index contributed by atoms with van der Waals surface area (Å²) in [6, 6.07) is 9.46. The number of benzene rings is 1. The number of halogens is 1. The molecule has 20 heavy (non-hydrogen) atoms. The lowest BCUT2D eigenvalue weighted by Gasteiger charge is -2.08.